The van der Waals surface area contributed by atoms with Crippen LogP contribution in [0.4, 0.5) is 0 Å². The third kappa shape index (κ3) is 10.2. The second kappa shape index (κ2) is 16.4. The van der Waals surface area contributed by atoms with Gasteiger partial charge in [-0.15, -0.1) is 0 Å². The number of ether oxygens (including phenoxy) is 6. The quantitative estimate of drug-likeness (QED) is 0.200. The van der Waals surface area contributed by atoms with Crippen LogP contribution >= 0.6 is 8.58 Å². The Morgan fingerprint density at radius 2 is 1.14 bits per heavy atom. The van der Waals surface area contributed by atoms with Gasteiger partial charge in [0.15, 0.2) is 24.4 Å². The number of rotatable bonds is 15. The van der Waals surface area contributed by atoms with E-state index in [0.29, 0.717) is 42.4 Å². The fourth-order valence-electron chi connectivity index (χ4n) is 4.01. The van der Waals surface area contributed by atoms with Crippen LogP contribution in [0.15, 0.2) is 24.3 Å². The predicted octanol–water partition coefficient (Wildman–Crippen LogP) is 3.04. The Kier molecular flexibility index (Phi) is 14.8. The topological polar surface area (TPSA) is 72.5 Å². The number of carbonyl (C=O) groups excluding carboxylic acids is 1. The molecule has 4 atom stereocenters. The van der Waals surface area contributed by atoms with E-state index in [4.69, 9.17) is 28.4 Å². The molecule has 0 aromatic heterocycles. The average Bonchev–Trinajstić information content (AvgIpc) is 2.75. The summed E-state index contributed by atoms with van der Waals surface area (Å²) in [4.78, 5) is 13.6. The SMILES string of the molecule is CCOC(C)Oc1cc(OC(C)OCC)c(PC(=O)c2c(C)cc(C)cc2C)c(OC(C)OCC)c1.[Li+]. The minimum absolute atomic E-state index is 0. The molecule has 37 heavy (non-hydrogen) atoms. The van der Waals surface area contributed by atoms with Gasteiger partial charge < -0.3 is 28.4 Å². The number of benzene rings is 2. The molecule has 0 bridgehead atoms. The molecule has 0 heterocycles. The third-order valence-electron chi connectivity index (χ3n) is 5.27. The second-order valence-corrected chi connectivity index (χ2v) is 9.65. The van der Waals surface area contributed by atoms with Crippen molar-refractivity contribution in [3.63, 3.8) is 0 Å². The molecule has 200 valence electrons. The average molecular weight is 528 g/mol. The summed E-state index contributed by atoms with van der Waals surface area (Å²) in [6, 6.07) is 7.57. The molecule has 2 aromatic carbocycles. The minimum atomic E-state index is -0.534. The standard InChI is InChI=1S/C28H41O7P.Li/c1-10-30-20(7)33-23-15-24(34-21(8)31-11-2)27(25(16-23)35-22(9)32-12-3)36-28(29)26-18(5)13-17(4)14-19(26)6;/h13-16,20-22,36H,10-12H2,1-9H3;/q;+1. The van der Waals surface area contributed by atoms with Crippen LogP contribution in [0.3, 0.4) is 0 Å². The maximum atomic E-state index is 13.6. The maximum absolute atomic E-state index is 13.6. The first-order valence-corrected chi connectivity index (χ1v) is 13.5. The molecule has 4 unspecified atom stereocenters. The van der Waals surface area contributed by atoms with Crippen molar-refractivity contribution in [2.24, 2.45) is 0 Å². The summed E-state index contributed by atoms with van der Waals surface area (Å²) in [5.41, 5.74) is 3.75. The molecular formula is C28H41LiO7P+. The molecule has 0 aliphatic rings. The molecule has 0 N–H and O–H groups in total. The smallest absolute Gasteiger partial charge is 0.465 e. The molecule has 9 heteroatoms. The molecule has 0 amide bonds. The fraction of sp³-hybridized carbons (Fsp3) is 0.536. The van der Waals surface area contributed by atoms with Crippen LogP contribution < -0.4 is 38.4 Å². The second-order valence-electron chi connectivity index (χ2n) is 8.44. The minimum Gasteiger partial charge on any atom is -0.465 e. The van der Waals surface area contributed by atoms with E-state index in [1.54, 1.807) is 12.1 Å². The van der Waals surface area contributed by atoms with Crippen LogP contribution in [0.5, 0.6) is 17.2 Å². The largest absolute Gasteiger partial charge is 1.00 e. The van der Waals surface area contributed by atoms with Gasteiger partial charge in [0.05, 0.1) is 5.30 Å². The number of aryl methyl sites for hydroxylation is 3. The van der Waals surface area contributed by atoms with Crippen molar-refractivity contribution in [1.29, 1.82) is 0 Å². The van der Waals surface area contributed by atoms with E-state index in [1.807, 2.05) is 74.4 Å². The Morgan fingerprint density at radius 1 is 0.730 bits per heavy atom. The molecule has 0 aliphatic carbocycles. The van der Waals surface area contributed by atoms with Crippen molar-refractivity contribution in [2.75, 3.05) is 19.8 Å². The zero-order chi connectivity index (χ0) is 26.8. The predicted molar refractivity (Wildman–Crippen MR) is 145 cm³/mol. The van der Waals surface area contributed by atoms with Crippen molar-refractivity contribution < 1.29 is 52.1 Å². The van der Waals surface area contributed by atoms with Gasteiger partial charge in [-0.2, -0.15) is 0 Å². The van der Waals surface area contributed by atoms with Gasteiger partial charge in [0.25, 0.3) is 0 Å². The van der Waals surface area contributed by atoms with Crippen LogP contribution in [0, 0.1) is 20.8 Å². The molecule has 0 saturated heterocycles. The molecule has 0 saturated carbocycles. The summed E-state index contributed by atoms with van der Waals surface area (Å²) in [5, 5.41) is 0.633. The van der Waals surface area contributed by atoms with Crippen LogP contribution in [0.2, 0.25) is 0 Å². The van der Waals surface area contributed by atoms with Crippen LogP contribution in [0.25, 0.3) is 0 Å². The van der Waals surface area contributed by atoms with E-state index >= 15 is 0 Å². The zero-order valence-corrected chi connectivity index (χ0v) is 25.0. The van der Waals surface area contributed by atoms with E-state index in [-0.39, 0.29) is 33.0 Å². The molecule has 0 radical (unpaired) electrons. The Bertz CT molecular complexity index is 956. The molecule has 2 rings (SSSR count). The monoisotopic (exact) mass is 527 g/mol. The Morgan fingerprint density at radius 3 is 1.54 bits per heavy atom. The first-order valence-electron chi connectivity index (χ1n) is 12.5. The molecule has 0 aliphatic heterocycles. The molecule has 2 aromatic rings. The van der Waals surface area contributed by atoms with Gasteiger partial charge in [-0.05, 0) is 82.0 Å². The summed E-state index contributed by atoms with van der Waals surface area (Å²) < 4.78 is 35.1. The molecule has 7 nitrogen and oxygen atoms in total. The Labute approximate surface area is 235 Å². The van der Waals surface area contributed by atoms with Gasteiger partial charge in [-0.3, -0.25) is 4.79 Å². The van der Waals surface area contributed by atoms with Gasteiger partial charge in [-0.1, -0.05) is 17.7 Å². The summed E-state index contributed by atoms with van der Waals surface area (Å²) in [7, 11) is -0.248. The van der Waals surface area contributed by atoms with Gasteiger partial charge in [0.1, 0.15) is 17.2 Å². The number of hydrogen-bond acceptors (Lipinski definition) is 7. The van der Waals surface area contributed by atoms with E-state index in [2.05, 4.69) is 0 Å². The van der Waals surface area contributed by atoms with Gasteiger partial charge in [-0.25, -0.2) is 0 Å². The third-order valence-corrected chi connectivity index (χ3v) is 6.49. The summed E-state index contributed by atoms with van der Waals surface area (Å²) in [6.07, 6.45) is -1.54. The first kappa shape index (κ1) is 33.4. The van der Waals surface area contributed by atoms with Crippen molar-refractivity contribution >= 4 is 19.4 Å². The Balaban J connectivity index is 0.00000684. The van der Waals surface area contributed by atoms with E-state index < -0.39 is 18.9 Å². The molecule has 0 spiro atoms. The molecule has 0 fully saturated rings. The van der Waals surface area contributed by atoms with Crippen molar-refractivity contribution in [3.05, 3.63) is 46.5 Å². The van der Waals surface area contributed by atoms with Crippen molar-refractivity contribution in [1.82, 2.24) is 0 Å². The summed E-state index contributed by atoms with van der Waals surface area (Å²) >= 11 is 0. The number of hydrogen-bond donors (Lipinski definition) is 0. The first-order chi connectivity index (χ1) is 17.1. The van der Waals surface area contributed by atoms with Crippen molar-refractivity contribution in [2.45, 2.75) is 81.2 Å². The van der Waals surface area contributed by atoms with E-state index in [0.717, 1.165) is 22.3 Å². The zero-order valence-electron chi connectivity index (χ0n) is 24.0. The van der Waals surface area contributed by atoms with Crippen LogP contribution in [-0.4, -0.2) is 44.2 Å². The number of carbonyl (C=O) groups is 1. The van der Waals surface area contributed by atoms with E-state index in [1.165, 1.54) is 0 Å². The van der Waals surface area contributed by atoms with Gasteiger partial charge in [0.2, 0.25) is 0 Å². The van der Waals surface area contributed by atoms with Crippen molar-refractivity contribution in [3.8, 4) is 17.2 Å². The summed E-state index contributed by atoms with van der Waals surface area (Å²) in [6.45, 7) is 18.6. The van der Waals surface area contributed by atoms with Crippen LogP contribution in [-0.2, 0) is 14.2 Å². The summed E-state index contributed by atoms with van der Waals surface area (Å²) in [5.74, 6) is 1.42. The fourth-order valence-corrected chi connectivity index (χ4v) is 5.27. The maximum Gasteiger partial charge on any atom is 1.00 e. The van der Waals surface area contributed by atoms with Gasteiger partial charge in [0, 0.05) is 37.5 Å². The molecular weight excluding hydrogens is 486 g/mol. The van der Waals surface area contributed by atoms with Gasteiger partial charge >= 0.3 is 18.9 Å². The van der Waals surface area contributed by atoms with Crippen LogP contribution in [0.1, 0.15) is 68.6 Å². The Hall–Kier alpha value is -1.58. The normalized spacial score (nSPS) is 13.6. The van der Waals surface area contributed by atoms with E-state index in [9.17, 15) is 4.79 Å².